The molecule has 2 aliphatic heterocycles. The highest BCUT2D eigenvalue weighted by atomic mass is 32.2. The monoisotopic (exact) mass is 424 g/mol. The molecule has 3 N–H and O–H groups in total. The zero-order chi connectivity index (χ0) is 20.7. The normalized spacial score (nSPS) is 23.2. The number of nitrogens with zero attached hydrogens (tertiary/aromatic N) is 2. The maximum Gasteiger partial charge on any atom is 0.180 e. The second-order valence-corrected chi connectivity index (χ2v) is 9.95. The van der Waals surface area contributed by atoms with E-state index in [9.17, 15) is 13.5 Å². The number of aliphatic hydroxyl groups excluding tert-OH is 1. The number of rotatable bonds is 3. The van der Waals surface area contributed by atoms with Gasteiger partial charge in [0, 0.05) is 43.3 Å². The van der Waals surface area contributed by atoms with E-state index < -0.39 is 15.9 Å². The van der Waals surface area contributed by atoms with Gasteiger partial charge in [0.2, 0.25) is 0 Å². The van der Waals surface area contributed by atoms with Crippen molar-refractivity contribution < 1.29 is 13.5 Å². The van der Waals surface area contributed by atoms with E-state index in [0.29, 0.717) is 31.1 Å². The molecule has 3 heterocycles. The number of aliphatic hydroxyl groups is 1. The fraction of sp³-hybridized carbons (Fsp3) is 0.318. The van der Waals surface area contributed by atoms with E-state index in [0.717, 1.165) is 28.0 Å². The summed E-state index contributed by atoms with van der Waals surface area (Å²) in [5, 5.41) is 17.9. The lowest BCUT2D eigenvalue weighted by atomic mass is 10.1. The molecule has 0 unspecified atom stereocenters. The average molecular weight is 425 g/mol. The van der Waals surface area contributed by atoms with Crippen molar-refractivity contribution in [2.75, 3.05) is 35.6 Å². The first-order valence-electron chi connectivity index (χ1n) is 10.1. The van der Waals surface area contributed by atoms with Gasteiger partial charge in [-0.3, -0.25) is 0 Å². The summed E-state index contributed by atoms with van der Waals surface area (Å²) < 4.78 is 25.4. The van der Waals surface area contributed by atoms with Crippen molar-refractivity contribution in [3.63, 3.8) is 0 Å². The first-order valence-corrected chi connectivity index (χ1v) is 11.8. The van der Waals surface area contributed by atoms with Gasteiger partial charge in [0.05, 0.1) is 28.3 Å². The zero-order valence-electron chi connectivity index (χ0n) is 16.5. The van der Waals surface area contributed by atoms with Crippen LogP contribution in [0.3, 0.4) is 0 Å². The molecule has 5 rings (SSSR count). The van der Waals surface area contributed by atoms with Gasteiger partial charge in [0.25, 0.3) is 0 Å². The van der Waals surface area contributed by atoms with E-state index in [1.807, 2.05) is 47.4 Å². The SMILES string of the molecule is O=S1(=O)CCN(c2cc(N[C@H]3CNC[C@@H]3O)c3ccccc3n2)Cc2ccccc21. The average Bonchev–Trinajstić information content (AvgIpc) is 3.09. The lowest BCUT2D eigenvalue weighted by Gasteiger charge is -2.24. The molecule has 0 radical (unpaired) electrons. The van der Waals surface area contributed by atoms with Gasteiger partial charge in [0.15, 0.2) is 9.84 Å². The van der Waals surface area contributed by atoms with Crippen LogP contribution in [0.25, 0.3) is 10.9 Å². The molecule has 156 valence electrons. The van der Waals surface area contributed by atoms with Crippen LogP contribution in [0.1, 0.15) is 5.56 Å². The minimum atomic E-state index is -3.32. The van der Waals surface area contributed by atoms with Crippen LogP contribution in [-0.2, 0) is 16.4 Å². The van der Waals surface area contributed by atoms with E-state index in [1.54, 1.807) is 12.1 Å². The first kappa shape index (κ1) is 19.3. The summed E-state index contributed by atoms with van der Waals surface area (Å²) in [6.07, 6.45) is -0.462. The molecule has 0 aliphatic carbocycles. The molecule has 2 atom stereocenters. The maximum absolute atomic E-state index is 12.7. The number of hydrogen-bond donors (Lipinski definition) is 3. The summed E-state index contributed by atoms with van der Waals surface area (Å²) in [6.45, 7) is 2.10. The Morgan fingerprint density at radius 2 is 1.90 bits per heavy atom. The van der Waals surface area contributed by atoms with Crippen LogP contribution in [0.2, 0.25) is 0 Å². The topological polar surface area (TPSA) is 94.6 Å². The minimum Gasteiger partial charge on any atom is -0.390 e. The van der Waals surface area contributed by atoms with E-state index in [2.05, 4.69) is 10.6 Å². The molecule has 0 bridgehead atoms. The standard InChI is InChI=1S/C22H24N4O3S/c27-20-13-23-12-19(20)24-18-11-22(25-17-7-3-2-6-16(17)18)26-9-10-30(28,29)21-8-4-1-5-15(21)14-26/h1-8,11,19-20,23,27H,9-10,12-14H2,(H,24,25)/t19-,20-/m0/s1. The van der Waals surface area contributed by atoms with E-state index in [1.165, 1.54) is 0 Å². The Morgan fingerprint density at radius 3 is 2.73 bits per heavy atom. The van der Waals surface area contributed by atoms with Crippen LogP contribution < -0.4 is 15.5 Å². The summed E-state index contributed by atoms with van der Waals surface area (Å²) in [4.78, 5) is 7.26. The van der Waals surface area contributed by atoms with E-state index in [-0.39, 0.29) is 11.8 Å². The summed E-state index contributed by atoms with van der Waals surface area (Å²) in [7, 11) is -3.32. The third kappa shape index (κ3) is 3.51. The Kier molecular flexibility index (Phi) is 4.85. The van der Waals surface area contributed by atoms with E-state index in [4.69, 9.17) is 4.98 Å². The Morgan fingerprint density at radius 1 is 1.10 bits per heavy atom. The van der Waals surface area contributed by atoms with Crippen LogP contribution >= 0.6 is 0 Å². The number of sulfone groups is 1. The van der Waals surface area contributed by atoms with Gasteiger partial charge < -0.3 is 20.6 Å². The second-order valence-electron chi connectivity index (χ2n) is 7.87. The Balaban J connectivity index is 1.56. The van der Waals surface area contributed by atoms with Crippen LogP contribution in [0.4, 0.5) is 11.5 Å². The van der Waals surface area contributed by atoms with E-state index >= 15 is 0 Å². The molecule has 2 aromatic carbocycles. The predicted octanol–water partition coefficient (Wildman–Crippen LogP) is 1.77. The molecular formula is C22H24N4O3S. The summed E-state index contributed by atoms with van der Waals surface area (Å²) >= 11 is 0. The first-order chi connectivity index (χ1) is 14.5. The number of para-hydroxylation sites is 1. The summed E-state index contributed by atoms with van der Waals surface area (Å²) in [5.74, 6) is 0.774. The Labute approximate surface area is 175 Å². The Bertz CT molecular complexity index is 1200. The largest absolute Gasteiger partial charge is 0.390 e. The number of nitrogens with one attached hydrogen (secondary N) is 2. The highest BCUT2D eigenvalue weighted by Gasteiger charge is 2.28. The van der Waals surface area contributed by atoms with Gasteiger partial charge in [-0.2, -0.15) is 0 Å². The molecule has 1 saturated heterocycles. The fourth-order valence-electron chi connectivity index (χ4n) is 4.21. The zero-order valence-corrected chi connectivity index (χ0v) is 17.3. The number of fused-ring (bicyclic) bond motifs is 2. The van der Waals surface area contributed by atoms with Crippen molar-refractivity contribution in [2.45, 2.75) is 23.6 Å². The third-order valence-electron chi connectivity index (χ3n) is 5.85. The maximum atomic E-state index is 12.7. The predicted molar refractivity (Wildman–Crippen MR) is 118 cm³/mol. The van der Waals surface area contributed by atoms with Crippen molar-refractivity contribution in [1.29, 1.82) is 0 Å². The van der Waals surface area contributed by atoms with Crippen LogP contribution in [-0.4, -0.2) is 56.0 Å². The van der Waals surface area contributed by atoms with Crippen molar-refractivity contribution >= 4 is 32.2 Å². The molecule has 0 spiro atoms. The fourth-order valence-corrected chi connectivity index (χ4v) is 5.71. The van der Waals surface area contributed by atoms with Crippen molar-refractivity contribution in [3.8, 4) is 0 Å². The molecule has 1 fully saturated rings. The molecule has 30 heavy (non-hydrogen) atoms. The molecule has 0 saturated carbocycles. The van der Waals surface area contributed by atoms with Crippen LogP contribution in [0.5, 0.6) is 0 Å². The molecule has 0 amide bonds. The highest BCUT2D eigenvalue weighted by Crippen LogP contribution is 2.31. The smallest absolute Gasteiger partial charge is 0.180 e. The molecule has 7 nitrogen and oxygen atoms in total. The lowest BCUT2D eigenvalue weighted by Crippen LogP contribution is -2.32. The number of anilines is 2. The molecule has 3 aromatic rings. The van der Waals surface area contributed by atoms with Gasteiger partial charge in [-0.25, -0.2) is 13.4 Å². The third-order valence-corrected chi connectivity index (χ3v) is 7.64. The Hall–Kier alpha value is -2.68. The van der Waals surface area contributed by atoms with Gasteiger partial charge >= 0.3 is 0 Å². The van der Waals surface area contributed by atoms with Gasteiger partial charge in [0.1, 0.15) is 5.82 Å². The van der Waals surface area contributed by atoms with Crippen molar-refractivity contribution in [2.24, 2.45) is 0 Å². The minimum absolute atomic E-state index is 0.0482. The van der Waals surface area contributed by atoms with Crippen LogP contribution in [0, 0.1) is 0 Å². The number of pyridine rings is 1. The van der Waals surface area contributed by atoms with Gasteiger partial charge in [-0.15, -0.1) is 0 Å². The van der Waals surface area contributed by atoms with Gasteiger partial charge in [-0.1, -0.05) is 36.4 Å². The van der Waals surface area contributed by atoms with Crippen molar-refractivity contribution in [1.82, 2.24) is 10.3 Å². The number of β-amino-alcohol motifs (C(OH)–C–C–N with tert-alkyl or cyclic N) is 1. The lowest BCUT2D eigenvalue weighted by molar-refractivity contribution is 0.185. The molecule has 1 aromatic heterocycles. The summed E-state index contributed by atoms with van der Waals surface area (Å²) in [5.41, 5.74) is 2.51. The second kappa shape index (κ2) is 7.54. The molecule has 8 heteroatoms. The van der Waals surface area contributed by atoms with Crippen LogP contribution in [0.15, 0.2) is 59.5 Å². The summed E-state index contributed by atoms with van der Waals surface area (Å²) in [6, 6.07) is 16.9. The highest BCUT2D eigenvalue weighted by molar-refractivity contribution is 7.91. The molecule has 2 aliphatic rings. The van der Waals surface area contributed by atoms with Crippen molar-refractivity contribution in [3.05, 3.63) is 60.2 Å². The van der Waals surface area contributed by atoms with Gasteiger partial charge in [-0.05, 0) is 17.7 Å². The molecular weight excluding hydrogens is 400 g/mol. The number of benzene rings is 2. The number of hydrogen-bond acceptors (Lipinski definition) is 7. The quantitative estimate of drug-likeness (QED) is 0.590. The number of aromatic nitrogens is 1.